The predicted molar refractivity (Wildman–Crippen MR) is 142 cm³/mol. The van der Waals surface area contributed by atoms with Crippen molar-refractivity contribution in [2.75, 3.05) is 13.1 Å². The molecule has 4 aromatic rings. The maximum Gasteiger partial charge on any atom is 0.265 e. The molecule has 1 saturated carbocycles. The van der Waals surface area contributed by atoms with Gasteiger partial charge in [0, 0.05) is 60.6 Å². The van der Waals surface area contributed by atoms with Gasteiger partial charge < -0.3 is 15.4 Å². The second-order valence-electron chi connectivity index (χ2n) is 10.6. The monoisotopic (exact) mass is 548 g/mol. The largest absolute Gasteiger partial charge is 0.474 e. The quantitative estimate of drug-likeness (QED) is 0.376. The smallest absolute Gasteiger partial charge is 0.265 e. The van der Waals surface area contributed by atoms with Crippen LogP contribution in [0.15, 0.2) is 48.8 Å². The lowest BCUT2D eigenvalue weighted by atomic mass is 9.94. The van der Waals surface area contributed by atoms with Crippen molar-refractivity contribution in [3.63, 3.8) is 0 Å². The zero-order valence-corrected chi connectivity index (χ0v) is 22.4. The predicted octanol–water partition coefficient (Wildman–Crippen LogP) is 4.59. The zero-order chi connectivity index (χ0) is 27.5. The molecule has 3 atom stereocenters. The van der Waals surface area contributed by atoms with Crippen molar-refractivity contribution in [3.05, 3.63) is 76.6 Å². The Kier molecular flexibility index (Phi) is 6.15. The van der Waals surface area contributed by atoms with Crippen LogP contribution in [0.3, 0.4) is 0 Å². The van der Waals surface area contributed by atoms with Crippen LogP contribution in [0.4, 0.5) is 8.78 Å². The first-order chi connectivity index (χ1) is 18.6. The number of likely N-dealkylation sites (tertiary alicyclic amines) is 1. The Morgan fingerprint density at radius 3 is 2.49 bits per heavy atom. The Hall–Kier alpha value is -3.83. The minimum atomic E-state index is -0.731. The Morgan fingerprint density at radius 1 is 1.10 bits per heavy atom. The summed E-state index contributed by atoms with van der Waals surface area (Å²) in [5, 5.41) is 0.615. The van der Waals surface area contributed by atoms with Gasteiger partial charge >= 0.3 is 0 Å². The summed E-state index contributed by atoms with van der Waals surface area (Å²) in [5.41, 5.74) is 7.47. The molecule has 200 valence electrons. The summed E-state index contributed by atoms with van der Waals surface area (Å²) in [5.74, 6) is -0.269. The molecule has 1 aromatic carbocycles. The molecule has 8 nitrogen and oxygen atoms in total. The summed E-state index contributed by atoms with van der Waals surface area (Å²) in [6.07, 6.45) is 3.18. The third-order valence-electron chi connectivity index (χ3n) is 7.16. The summed E-state index contributed by atoms with van der Waals surface area (Å²) < 4.78 is 34.3. The first kappa shape index (κ1) is 25.4. The van der Waals surface area contributed by atoms with Crippen molar-refractivity contribution in [2.45, 2.75) is 32.4 Å². The number of aryl methyl sites for hydroxylation is 1. The summed E-state index contributed by atoms with van der Waals surface area (Å²) in [6, 6.07) is 8.57. The first-order valence-electron chi connectivity index (χ1n) is 12.6. The molecule has 0 radical (unpaired) electrons. The number of hydrogen-bond donors (Lipinski definition) is 1. The van der Waals surface area contributed by atoms with Gasteiger partial charge in [0.25, 0.3) is 5.91 Å². The number of pyridine rings is 1. The summed E-state index contributed by atoms with van der Waals surface area (Å²) in [6.45, 7) is 6.61. The number of amides is 1. The van der Waals surface area contributed by atoms with E-state index < -0.39 is 17.2 Å². The van der Waals surface area contributed by atoms with Gasteiger partial charge in [-0.15, -0.1) is 11.3 Å². The normalized spacial score (nSPS) is 20.2. The average molecular weight is 549 g/mol. The lowest BCUT2D eigenvalue weighted by Gasteiger charge is -2.22. The summed E-state index contributed by atoms with van der Waals surface area (Å²) in [7, 11) is 0. The number of hydrogen-bond acceptors (Lipinski definition) is 8. The van der Waals surface area contributed by atoms with Crippen LogP contribution >= 0.6 is 11.3 Å². The third kappa shape index (κ3) is 4.87. The molecular weight excluding hydrogens is 522 g/mol. The van der Waals surface area contributed by atoms with Gasteiger partial charge in [-0.3, -0.25) is 4.79 Å². The minimum absolute atomic E-state index is 0.0581. The average Bonchev–Trinajstić information content (AvgIpc) is 3.21. The van der Waals surface area contributed by atoms with E-state index in [9.17, 15) is 13.6 Å². The highest BCUT2D eigenvalue weighted by Crippen LogP contribution is 2.48. The van der Waals surface area contributed by atoms with E-state index in [1.165, 1.54) is 23.5 Å². The Bertz CT molecular complexity index is 1560. The molecule has 1 amide bonds. The number of aromatic nitrogens is 4. The lowest BCUT2D eigenvalue weighted by Crippen LogP contribution is -2.33. The molecule has 1 aliphatic carbocycles. The molecule has 6 rings (SSSR count). The van der Waals surface area contributed by atoms with Gasteiger partial charge in [-0.1, -0.05) is 0 Å². The van der Waals surface area contributed by atoms with Crippen LogP contribution in [0, 0.1) is 30.4 Å². The molecular formula is C28H26F2N6O2S. The number of piperidine rings is 1. The van der Waals surface area contributed by atoms with E-state index in [0.29, 0.717) is 51.6 Å². The van der Waals surface area contributed by atoms with E-state index in [0.717, 1.165) is 6.07 Å². The second-order valence-corrected chi connectivity index (χ2v) is 11.6. The number of carbonyl (C=O) groups excluding carboxylic acids is 1. The van der Waals surface area contributed by atoms with E-state index in [1.807, 2.05) is 25.7 Å². The van der Waals surface area contributed by atoms with Crippen LogP contribution in [0.2, 0.25) is 0 Å². The van der Waals surface area contributed by atoms with Gasteiger partial charge in [-0.05, 0) is 50.6 Å². The minimum Gasteiger partial charge on any atom is -0.474 e. The molecule has 1 aliphatic heterocycles. The molecule has 39 heavy (non-hydrogen) atoms. The fraction of sp³-hybridized carbons (Fsp3) is 0.321. The zero-order valence-electron chi connectivity index (χ0n) is 21.6. The molecule has 11 heteroatoms. The fourth-order valence-electron chi connectivity index (χ4n) is 4.97. The lowest BCUT2D eigenvalue weighted by molar-refractivity contribution is 0.0755. The van der Waals surface area contributed by atoms with Gasteiger partial charge in [0.05, 0.1) is 11.4 Å². The molecule has 3 aromatic heterocycles. The van der Waals surface area contributed by atoms with E-state index in [2.05, 4.69) is 19.9 Å². The van der Waals surface area contributed by atoms with Gasteiger partial charge in [-0.25, -0.2) is 28.7 Å². The molecule has 2 fully saturated rings. The summed E-state index contributed by atoms with van der Waals surface area (Å²) >= 11 is 1.30. The number of halogens is 2. The molecule has 1 saturated heterocycles. The second kappa shape index (κ2) is 9.42. The van der Waals surface area contributed by atoms with E-state index in [-0.39, 0.29) is 29.4 Å². The number of thiazole rings is 1. The number of benzene rings is 1. The van der Waals surface area contributed by atoms with Gasteiger partial charge in [0.2, 0.25) is 5.88 Å². The van der Waals surface area contributed by atoms with Gasteiger partial charge in [0.15, 0.2) is 10.8 Å². The Labute approximate surface area is 227 Å². The number of ether oxygens (including phenoxy) is 1. The number of nitrogens with two attached hydrogens (primary N) is 1. The highest BCUT2D eigenvalue weighted by molar-refractivity contribution is 7.17. The van der Waals surface area contributed by atoms with Crippen molar-refractivity contribution < 1.29 is 18.3 Å². The molecule has 2 aliphatic rings. The van der Waals surface area contributed by atoms with Crippen LogP contribution in [-0.4, -0.2) is 49.9 Å². The molecule has 0 spiro atoms. The van der Waals surface area contributed by atoms with Crippen LogP contribution in [0.5, 0.6) is 5.88 Å². The highest BCUT2D eigenvalue weighted by Gasteiger charge is 2.59. The Morgan fingerprint density at radius 2 is 1.82 bits per heavy atom. The van der Waals surface area contributed by atoms with Crippen molar-refractivity contribution in [3.8, 4) is 28.0 Å². The Balaban J connectivity index is 1.17. The number of fused-ring (bicyclic) bond motifs is 1. The van der Waals surface area contributed by atoms with Crippen molar-refractivity contribution >= 4 is 17.2 Å². The fourth-order valence-corrected chi connectivity index (χ4v) is 5.95. The van der Waals surface area contributed by atoms with Crippen molar-refractivity contribution in [2.24, 2.45) is 17.6 Å². The highest BCUT2D eigenvalue weighted by atomic mass is 32.1. The SMILES string of the molecule is Cc1nc(-c2ncccn2)sc1C(=O)N1C[C@@H]2[C@H](C1)[C@H]2Oc1cc(C(C)(C)N)cc(-c2ccc(F)cc2F)n1. The van der Waals surface area contributed by atoms with E-state index in [1.54, 1.807) is 30.6 Å². The molecule has 0 unspecified atom stereocenters. The van der Waals surface area contributed by atoms with Crippen molar-refractivity contribution in [1.82, 2.24) is 24.8 Å². The van der Waals surface area contributed by atoms with Crippen LogP contribution < -0.4 is 10.5 Å². The van der Waals surface area contributed by atoms with Gasteiger partial charge in [-0.2, -0.15) is 0 Å². The van der Waals surface area contributed by atoms with Crippen LogP contribution in [0.25, 0.3) is 22.1 Å². The standard InChI is InChI=1S/C28H26F2N6O2S/c1-14-24(39-26(34-14)25-32-7-4-8-33-25)27(37)36-12-18-19(13-36)23(18)38-22-10-15(28(2,3)31)9-21(35-22)17-6-5-16(29)11-20(17)30/h4-11,18-19,23H,12-13,31H2,1-3H3/t18-,19+,23+. The van der Waals surface area contributed by atoms with E-state index >= 15 is 0 Å². The number of rotatable bonds is 6. The van der Waals surface area contributed by atoms with Gasteiger partial charge in [0.1, 0.15) is 22.6 Å². The third-order valence-corrected chi connectivity index (χ3v) is 8.30. The van der Waals surface area contributed by atoms with Crippen LogP contribution in [-0.2, 0) is 5.54 Å². The maximum absolute atomic E-state index is 14.5. The molecule has 0 bridgehead atoms. The number of nitrogens with zero attached hydrogens (tertiary/aromatic N) is 5. The number of carbonyl (C=O) groups is 1. The molecule has 4 heterocycles. The van der Waals surface area contributed by atoms with Crippen molar-refractivity contribution in [1.29, 1.82) is 0 Å². The van der Waals surface area contributed by atoms with Crippen LogP contribution in [0.1, 0.15) is 34.8 Å². The molecule has 2 N–H and O–H groups in total. The summed E-state index contributed by atoms with van der Waals surface area (Å²) in [4.78, 5) is 33.2. The first-order valence-corrected chi connectivity index (χ1v) is 13.4. The maximum atomic E-state index is 14.5. The topological polar surface area (TPSA) is 107 Å². The van der Waals surface area contributed by atoms with E-state index in [4.69, 9.17) is 10.5 Å².